The van der Waals surface area contributed by atoms with E-state index in [4.69, 9.17) is 0 Å². The number of carboxylic acid groups (broad SMARTS) is 1. The molecule has 6 nitrogen and oxygen atoms in total. The number of aliphatic carboxylic acids is 1. The van der Waals surface area contributed by atoms with Crippen molar-refractivity contribution in [2.45, 2.75) is 19.8 Å². The number of benzene rings is 1. The minimum Gasteiger partial charge on any atom is -0.480 e. The van der Waals surface area contributed by atoms with Gasteiger partial charge in [0.2, 0.25) is 5.91 Å². The highest BCUT2D eigenvalue weighted by Crippen LogP contribution is 2.40. The lowest BCUT2D eigenvalue weighted by molar-refractivity contribution is -0.136. The number of rotatable bonds is 2. The van der Waals surface area contributed by atoms with Crippen molar-refractivity contribution >= 4 is 17.6 Å². The Hall–Kier alpha value is -2.89. The van der Waals surface area contributed by atoms with E-state index in [1.807, 2.05) is 24.3 Å². The van der Waals surface area contributed by atoms with Gasteiger partial charge in [-0.05, 0) is 25.5 Å². The highest BCUT2D eigenvalue weighted by Gasteiger charge is 2.34. The van der Waals surface area contributed by atoms with E-state index in [-0.39, 0.29) is 11.5 Å². The Labute approximate surface area is 139 Å². The van der Waals surface area contributed by atoms with Crippen molar-refractivity contribution in [3.05, 3.63) is 51.8 Å². The van der Waals surface area contributed by atoms with Gasteiger partial charge in [0.15, 0.2) is 0 Å². The van der Waals surface area contributed by atoms with Crippen molar-refractivity contribution in [1.82, 2.24) is 4.57 Å². The first-order valence-corrected chi connectivity index (χ1v) is 7.66. The molecule has 124 valence electrons. The third kappa shape index (κ3) is 2.31. The molecule has 6 heteroatoms. The monoisotopic (exact) mass is 326 g/mol. The van der Waals surface area contributed by atoms with Gasteiger partial charge in [-0.25, -0.2) is 0 Å². The Morgan fingerprint density at radius 2 is 1.92 bits per heavy atom. The lowest BCUT2D eigenvalue weighted by Gasteiger charge is -2.24. The summed E-state index contributed by atoms with van der Waals surface area (Å²) in [6, 6.07) is 8.99. The zero-order valence-electron chi connectivity index (χ0n) is 13.7. The van der Waals surface area contributed by atoms with Crippen LogP contribution in [-0.4, -0.2) is 28.1 Å². The van der Waals surface area contributed by atoms with Crippen LogP contribution >= 0.6 is 0 Å². The fraction of sp³-hybridized carbons (Fsp3) is 0.278. The first-order chi connectivity index (χ1) is 11.3. The van der Waals surface area contributed by atoms with Crippen LogP contribution in [0.4, 0.5) is 5.69 Å². The van der Waals surface area contributed by atoms with Gasteiger partial charge in [0.05, 0.1) is 17.3 Å². The quantitative estimate of drug-likeness (QED) is 0.914. The summed E-state index contributed by atoms with van der Waals surface area (Å²) in [7, 11) is 1.64. The number of carboxylic acids is 1. The fourth-order valence-corrected chi connectivity index (χ4v) is 3.27. The number of carbonyl (C=O) groups excluding carboxylic acids is 1. The second-order valence-electron chi connectivity index (χ2n) is 6.05. The van der Waals surface area contributed by atoms with Crippen LogP contribution < -0.4 is 10.5 Å². The summed E-state index contributed by atoms with van der Waals surface area (Å²) in [4.78, 5) is 37.8. The SMILES string of the molecule is Cc1cc2c(n(C)c1=O)-c1ccccc1C(C)C(=O)N2CC(=O)O. The van der Waals surface area contributed by atoms with Crippen LogP contribution in [0.5, 0.6) is 0 Å². The van der Waals surface area contributed by atoms with Gasteiger partial charge in [0.1, 0.15) is 6.54 Å². The summed E-state index contributed by atoms with van der Waals surface area (Å²) >= 11 is 0. The Bertz CT molecular complexity index is 914. The Balaban J connectivity index is 2.43. The summed E-state index contributed by atoms with van der Waals surface area (Å²) in [5.41, 5.74) is 2.89. The topological polar surface area (TPSA) is 79.6 Å². The summed E-state index contributed by atoms with van der Waals surface area (Å²) < 4.78 is 1.49. The number of anilines is 1. The second kappa shape index (κ2) is 5.63. The molecule has 1 aromatic heterocycles. The van der Waals surface area contributed by atoms with Crippen LogP contribution in [0.2, 0.25) is 0 Å². The van der Waals surface area contributed by atoms with E-state index in [0.29, 0.717) is 16.9 Å². The molecule has 0 bridgehead atoms. The van der Waals surface area contributed by atoms with Crippen LogP contribution in [0.15, 0.2) is 35.1 Å². The lowest BCUT2D eigenvalue weighted by Crippen LogP contribution is -2.38. The van der Waals surface area contributed by atoms with Crippen LogP contribution in [0.25, 0.3) is 11.3 Å². The summed E-state index contributed by atoms with van der Waals surface area (Å²) in [6.45, 7) is 2.97. The van der Waals surface area contributed by atoms with Crippen LogP contribution in [0, 0.1) is 6.92 Å². The van der Waals surface area contributed by atoms with Crippen LogP contribution in [0.3, 0.4) is 0 Å². The number of hydrogen-bond donors (Lipinski definition) is 1. The van der Waals surface area contributed by atoms with Crippen molar-refractivity contribution in [1.29, 1.82) is 0 Å². The second-order valence-corrected chi connectivity index (χ2v) is 6.05. The molecule has 1 aromatic carbocycles. The molecule has 24 heavy (non-hydrogen) atoms. The number of pyridine rings is 1. The van der Waals surface area contributed by atoms with Gasteiger partial charge in [-0.15, -0.1) is 0 Å². The smallest absolute Gasteiger partial charge is 0.323 e. The van der Waals surface area contributed by atoms with Gasteiger partial charge in [-0.2, -0.15) is 0 Å². The van der Waals surface area contributed by atoms with E-state index in [0.717, 1.165) is 11.1 Å². The van der Waals surface area contributed by atoms with Crippen molar-refractivity contribution in [3.63, 3.8) is 0 Å². The highest BCUT2D eigenvalue weighted by atomic mass is 16.4. The van der Waals surface area contributed by atoms with E-state index >= 15 is 0 Å². The van der Waals surface area contributed by atoms with Crippen molar-refractivity contribution < 1.29 is 14.7 Å². The van der Waals surface area contributed by atoms with Crippen LogP contribution in [-0.2, 0) is 16.6 Å². The number of nitrogens with zero attached hydrogens (tertiary/aromatic N) is 2. The maximum absolute atomic E-state index is 12.9. The molecule has 0 saturated heterocycles. The molecule has 1 unspecified atom stereocenters. The number of fused-ring (bicyclic) bond motifs is 3. The minimum atomic E-state index is -1.10. The van der Waals surface area contributed by atoms with Gasteiger partial charge in [0.25, 0.3) is 5.56 Å². The molecule has 1 aliphatic heterocycles. The Morgan fingerprint density at radius 1 is 1.25 bits per heavy atom. The molecule has 2 heterocycles. The molecular formula is C18H18N2O4. The number of aromatic nitrogens is 1. The average molecular weight is 326 g/mol. The molecule has 0 aliphatic carbocycles. The molecule has 1 atom stereocenters. The molecule has 1 amide bonds. The molecule has 3 rings (SSSR count). The minimum absolute atomic E-state index is 0.166. The van der Waals surface area contributed by atoms with E-state index in [2.05, 4.69) is 0 Å². The maximum atomic E-state index is 12.9. The van der Waals surface area contributed by atoms with Gasteiger partial charge >= 0.3 is 5.97 Å². The molecule has 1 aliphatic rings. The zero-order valence-corrected chi connectivity index (χ0v) is 13.7. The molecule has 0 saturated carbocycles. The van der Waals surface area contributed by atoms with E-state index < -0.39 is 18.4 Å². The first-order valence-electron chi connectivity index (χ1n) is 7.66. The third-order valence-electron chi connectivity index (χ3n) is 4.48. The predicted molar refractivity (Wildman–Crippen MR) is 90.3 cm³/mol. The molecule has 2 aromatic rings. The number of amides is 1. The van der Waals surface area contributed by atoms with Crippen molar-refractivity contribution in [2.24, 2.45) is 7.05 Å². The summed E-state index contributed by atoms with van der Waals surface area (Å²) in [5, 5.41) is 9.23. The van der Waals surface area contributed by atoms with Crippen molar-refractivity contribution in [2.75, 3.05) is 11.4 Å². The van der Waals surface area contributed by atoms with E-state index in [9.17, 15) is 19.5 Å². The van der Waals surface area contributed by atoms with Crippen molar-refractivity contribution in [3.8, 4) is 11.3 Å². The van der Waals surface area contributed by atoms with Crippen LogP contribution in [0.1, 0.15) is 24.0 Å². The molecular weight excluding hydrogens is 308 g/mol. The standard InChI is InChI=1S/C18H18N2O4/c1-10-8-14-16(19(3)17(10)23)13-7-5-4-6-12(13)11(2)18(24)20(14)9-15(21)22/h4-8,11H,9H2,1-3H3,(H,21,22). The number of carbonyl (C=O) groups is 2. The largest absolute Gasteiger partial charge is 0.480 e. The molecule has 0 radical (unpaired) electrons. The van der Waals surface area contributed by atoms with E-state index in [1.54, 1.807) is 27.0 Å². The average Bonchev–Trinajstić information content (AvgIpc) is 2.63. The van der Waals surface area contributed by atoms with Gasteiger partial charge in [0, 0.05) is 18.2 Å². The number of hydrogen-bond acceptors (Lipinski definition) is 3. The zero-order chi connectivity index (χ0) is 17.6. The Morgan fingerprint density at radius 3 is 2.58 bits per heavy atom. The highest BCUT2D eigenvalue weighted by molar-refractivity contribution is 6.06. The lowest BCUT2D eigenvalue weighted by atomic mass is 9.94. The van der Waals surface area contributed by atoms with Gasteiger partial charge < -0.3 is 9.67 Å². The predicted octanol–water partition coefficient (Wildman–Crippen LogP) is 1.90. The Kier molecular flexibility index (Phi) is 3.75. The molecule has 1 N–H and O–H groups in total. The van der Waals surface area contributed by atoms with Gasteiger partial charge in [-0.3, -0.25) is 19.3 Å². The normalized spacial score (nSPS) is 16.4. The molecule has 0 spiro atoms. The fourth-order valence-electron chi connectivity index (χ4n) is 3.27. The first kappa shape index (κ1) is 16.0. The van der Waals surface area contributed by atoms with Gasteiger partial charge in [-0.1, -0.05) is 24.3 Å². The van der Waals surface area contributed by atoms with E-state index in [1.165, 1.54) is 9.47 Å². The molecule has 0 fully saturated rings. The number of aryl methyl sites for hydroxylation is 1. The third-order valence-corrected chi connectivity index (χ3v) is 4.48. The summed E-state index contributed by atoms with van der Waals surface area (Å²) in [5.74, 6) is -1.89. The maximum Gasteiger partial charge on any atom is 0.323 e. The summed E-state index contributed by atoms with van der Waals surface area (Å²) in [6.07, 6.45) is 0.